The minimum absolute atomic E-state index is 0.196. The molecular weight excluding hydrogens is 250 g/mol. The number of nitrogens with zero attached hydrogens (tertiary/aromatic N) is 4. The Kier molecular flexibility index (Phi) is 3.50. The fourth-order valence-electron chi connectivity index (χ4n) is 1.81. The first-order valence-corrected chi connectivity index (χ1v) is 5.73. The third-order valence-electron chi connectivity index (χ3n) is 2.79. The summed E-state index contributed by atoms with van der Waals surface area (Å²) in [7, 11) is 4.76. The molecule has 2 heterocycles. The molecule has 0 fully saturated rings. The lowest BCUT2D eigenvalue weighted by Gasteiger charge is -2.07. The molecule has 0 amide bonds. The van der Waals surface area contributed by atoms with Crippen LogP contribution in [-0.2, 0) is 23.6 Å². The maximum atomic E-state index is 11.7. The Hall–Kier alpha value is -2.38. The number of anilines is 1. The first-order chi connectivity index (χ1) is 9.04. The number of fused-ring (bicyclic) bond motifs is 1. The molecule has 2 rings (SSSR count). The molecule has 0 bridgehead atoms. The molecule has 2 aromatic rings. The van der Waals surface area contributed by atoms with Gasteiger partial charge in [-0.1, -0.05) is 0 Å². The molecule has 2 aromatic heterocycles. The minimum Gasteiger partial charge on any atom is -0.469 e. The number of rotatable bonds is 4. The van der Waals surface area contributed by atoms with Crippen molar-refractivity contribution in [2.24, 2.45) is 14.1 Å². The Bertz CT molecular complexity index is 673. The molecule has 0 saturated heterocycles. The first-order valence-electron chi connectivity index (χ1n) is 5.73. The molecule has 1 N–H and O–H groups in total. The van der Waals surface area contributed by atoms with Crippen LogP contribution in [0.3, 0.4) is 0 Å². The predicted octanol–water partition coefficient (Wildman–Crippen LogP) is -0.358. The van der Waals surface area contributed by atoms with Crippen molar-refractivity contribution >= 4 is 23.0 Å². The lowest BCUT2D eigenvalue weighted by molar-refractivity contribution is -0.140. The van der Waals surface area contributed by atoms with Crippen LogP contribution in [0.2, 0.25) is 0 Å². The van der Waals surface area contributed by atoms with E-state index in [1.54, 1.807) is 25.0 Å². The Morgan fingerprint density at radius 3 is 2.89 bits per heavy atom. The van der Waals surface area contributed by atoms with E-state index in [9.17, 15) is 9.59 Å². The van der Waals surface area contributed by atoms with Gasteiger partial charge < -0.3 is 14.6 Å². The number of carbonyl (C=O) groups excluding carboxylic acids is 1. The maximum Gasteiger partial charge on any atom is 0.350 e. The van der Waals surface area contributed by atoms with Crippen LogP contribution in [0.15, 0.2) is 11.1 Å². The molecule has 0 aliphatic rings. The highest BCUT2D eigenvalue weighted by Crippen LogP contribution is 2.16. The monoisotopic (exact) mass is 265 g/mol. The fourth-order valence-corrected chi connectivity index (χ4v) is 1.81. The van der Waals surface area contributed by atoms with Crippen LogP contribution in [0.1, 0.15) is 6.42 Å². The van der Waals surface area contributed by atoms with Gasteiger partial charge in [-0.3, -0.25) is 9.36 Å². The lowest BCUT2D eigenvalue weighted by Crippen LogP contribution is -2.23. The molecule has 0 atom stereocenters. The van der Waals surface area contributed by atoms with E-state index in [1.807, 2.05) is 0 Å². The van der Waals surface area contributed by atoms with Crippen molar-refractivity contribution in [3.05, 3.63) is 16.8 Å². The Morgan fingerprint density at radius 2 is 2.21 bits per heavy atom. The van der Waals surface area contributed by atoms with Gasteiger partial charge in [0, 0.05) is 20.6 Å². The third kappa shape index (κ3) is 2.42. The number of carbonyl (C=O) groups is 1. The van der Waals surface area contributed by atoms with E-state index in [0.717, 1.165) is 0 Å². The normalized spacial score (nSPS) is 10.7. The smallest absolute Gasteiger partial charge is 0.350 e. The topological polar surface area (TPSA) is 91.0 Å². The zero-order valence-corrected chi connectivity index (χ0v) is 11.0. The number of imidazole rings is 1. The number of hydrogen-bond acceptors (Lipinski definition) is 6. The summed E-state index contributed by atoms with van der Waals surface area (Å²) in [6, 6.07) is 0. The number of hydrogen-bond donors (Lipinski definition) is 1. The second-order valence-corrected chi connectivity index (χ2v) is 4.08. The SMILES string of the molecule is COC(=O)CCNc1nc(=O)n(C)c2c1ncn2C. The Labute approximate surface area is 109 Å². The van der Waals surface area contributed by atoms with Crippen LogP contribution in [-0.4, -0.2) is 38.7 Å². The van der Waals surface area contributed by atoms with Gasteiger partial charge >= 0.3 is 11.7 Å². The molecule has 0 aliphatic carbocycles. The summed E-state index contributed by atoms with van der Waals surface area (Å²) in [5.41, 5.74) is 0.881. The molecule has 0 saturated carbocycles. The van der Waals surface area contributed by atoms with Crippen LogP contribution < -0.4 is 11.0 Å². The van der Waals surface area contributed by atoms with Gasteiger partial charge in [0.1, 0.15) is 11.2 Å². The molecule has 19 heavy (non-hydrogen) atoms. The molecule has 0 radical (unpaired) electrons. The highest BCUT2D eigenvalue weighted by atomic mass is 16.5. The number of ether oxygens (including phenoxy) is 1. The third-order valence-corrected chi connectivity index (χ3v) is 2.79. The summed E-state index contributed by atoms with van der Waals surface area (Å²) in [6.45, 7) is 0.332. The van der Waals surface area contributed by atoms with Crippen molar-refractivity contribution in [3.8, 4) is 0 Å². The van der Waals surface area contributed by atoms with Gasteiger partial charge in [-0.15, -0.1) is 0 Å². The van der Waals surface area contributed by atoms with Crippen molar-refractivity contribution in [1.29, 1.82) is 0 Å². The quantitative estimate of drug-likeness (QED) is 0.759. The molecule has 102 valence electrons. The van der Waals surface area contributed by atoms with Crippen molar-refractivity contribution in [3.63, 3.8) is 0 Å². The maximum absolute atomic E-state index is 11.7. The van der Waals surface area contributed by atoms with Crippen LogP contribution >= 0.6 is 0 Å². The van der Waals surface area contributed by atoms with E-state index >= 15 is 0 Å². The standard InChI is InChI=1S/C11H15N5O3/c1-15-6-13-8-9(12-5-4-7(17)19-3)14-11(18)16(2)10(8)15/h6H,4-5H2,1-3H3,(H,12,14,18). The summed E-state index contributed by atoms with van der Waals surface area (Å²) in [5.74, 6) is 0.0520. The van der Waals surface area contributed by atoms with Crippen LogP contribution in [0.4, 0.5) is 5.82 Å². The summed E-state index contributed by atoms with van der Waals surface area (Å²) < 4.78 is 7.70. The predicted molar refractivity (Wildman–Crippen MR) is 68.9 cm³/mol. The van der Waals surface area contributed by atoms with Gasteiger partial charge in [-0.25, -0.2) is 9.78 Å². The van der Waals surface area contributed by atoms with E-state index in [1.165, 1.54) is 11.7 Å². The average Bonchev–Trinajstić information content (AvgIpc) is 2.77. The second-order valence-electron chi connectivity index (χ2n) is 4.08. The number of aromatic nitrogens is 4. The van der Waals surface area contributed by atoms with Crippen molar-refractivity contribution in [2.45, 2.75) is 6.42 Å². The van der Waals surface area contributed by atoms with Gasteiger partial charge in [0.15, 0.2) is 5.82 Å². The summed E-state index contributed by atoms with van der Waals surface area (Å²) in [6.07, 6.45) is 1.80. The zero-order valence-electron chi connectivity index (χ0n) is 11.0. The molecule has 8 heteroatoms. The summed E-state index contributed by atoms with van der Waals surface area (Å²) in [5, 5.41) is 2.93. The molecule has 0 aliphatic heterocycles. The van der Waals surface area contributed by atoms with E-state index in [2.05, 4.69) is 20.0 Å². The highest BCUT2D eigenvalue weighted by Gasteiger charge is 2.12. The van der Waals surface area contributed by atoms with Gasteiger partial charge in [0.2, 0.25) is 0 Å². The number of aryl methyl sites for hydroxylation is 2. The van der Waals surface area contributed by atoms with E-state index in [4.69, 9.17) is 0 Å². The number of methoxy groups -OCH3 is 1. The minimum atomic E-state index is -0.378. The fraction of sp³-hybridized carbons (Fsp3) is 0.455. The molecule has 0 aromatic carbocycles. The Morgan fingerprint density at radius 1 is 1.47 bits per heavy atom. The van der Waals surface area contributed by atoms with E-state index in [0.29, 0.717) is 23.5 Å². The lowest BCUT2D eigenvalue weighted by atomic mass is 10.4. The molecular formula is C11H15N5O3. The average molecular weight is 265 g/mol. The largest absolute Gasteiger partial charge is 0.469 e. The second kappa shape index (κ2) is 5.09. The van der Waals surface area contributed by atoms with Crippen LogP contribution in [0.5, 0.6) is 0 Å². The van der Waals surface area contributed by atoms with Gasteiger partial charge in [-0.2, -0.15) is 4.98 Å². The van der Waals surface area contributed by atoms with E-state index < -0.39 is 0 Å². The van der Waals surface area contributed by atoms with Gasteiger partial charge in [0.25, 0.3) is 0 Å². The number of nitrogens with one attached hydrogen (secondary N) is 1. The van der Waals surface area contributed by atoms with Crippen molar-refractivity contribution in [2.75, 3.05) is 19.0 Å². The van der Waals surface area contributed by atoms with Crippen molar-refractivity contribution in [1.82, 2.24) is 19.1 Å². The number of esters is 1. The highest BCUT2D eigenvalue weighted by molar-refractivity contribution is 5.83. The van der Waals surface area contributed by atoms with Gasteiger partial charge in [0.05, 0.1) is 19.9 Å². The zero-order chi connectivity index (χ0) is 14.0. The van der Waals surface area contributed by atoms with Crippen LogP contribution in [0, 0.1) is 0 Å². The Balaban J connectivity index is 2.31. The molecule has 0 spiro atoms. The summed E-state index contributed by atoms with van der Waals surface area (Å²) in [4.78, 5) is 30.9. The van der Waals surface area contributed by atoms with Crippen molar-refractivity contribution < 1.29 is 9.53 Å². The van der Waals surface area contributed by atoms with Gasteiger partial charge in [-0.05, 0) is 0 Å². The van der Waals surface area contributed by atoms with Crippen LogP contribution in [0.25, 0.3) is 11.2 Å². The summed E-state index contributed by atoms with van der Waals surface area (Å²) >= 11 is 0. The molecule has 8 nitrogen and oxygen atoms in total. The van der Waals surface area contributed by atoms with E-state index in [-0.39, 0.29) is 18.1 Å². The molecule has 0 unspecified atom stereocenters. The first kappa shape index (κ1) is 13.1.